The van der Waals surface area contributed by atoms with Gasteiger partial charge >= 0.3 is 12.1 Å². The summed E-state index contributed by atoms with van der Waals surface area (Å²) in [5.41, 5.74) is -0.449. The number of aliphatic hydroxyl groups excluding tert-OH is 1. The van der Waals surface area contributed by atoms with Crippen molar-refractivity contribution in [2.45, 2.75) is 38.7 Å². The van der Waals surface area contributed by atoms with Gasteiger partial charge in [0.2, 0.25) is 0 Å². The number of rotatable bonds is 4. The lowest BCUT2D eigenvalue weighted by molar-refractivity contribution is -0.216. The fraction of sp³-hybridized carbons (Fsp3) is 0.438. The molecule has 0 aromatic heterocycles. The summed E-state index contributed by atoms with van der Waals surface area (Å²) < 4.78 is 43.8. The summed E-state index contributed by atoms with van der Waals surface area (Å²) >= 11 is 0. The molecule has 1 rings (SSSR count). The maximum Gasteiger partial charge on any atom is 0.405 e. The molecule has 0 unspecified atom stereocenters. The Morgan fingerprint density at radius 3 is 2.18 bits per heavy atom. The molecule has 0 heterocycles. The standard InChI is InChI=1S/C16H19F3O3/c1-15(2,3)22-14(21)13(16(17,18)19)12(20)10-9-11-7-5-4-6-8-11/h4-10,12-13,20H,1-3H3/b10-9+/t12-,13-/m0/s1. The van der Waals surface area contributed by atoms with Crippen LogP contribution < -0.4 is 0 Å². The van der Waals surface area contributed by atoms with Crippen LogP contribution in [0.1, 0.15) is 26.3 Å². The molecule has 1 aromatic carbocycles. The van der Waals surface area contributed by atoms with Crippen LogP contribution in [0.25, 0.3) is 6.08 Å². The van der Waals surface area contributed by atoms with Crippen molar-refractivity contribution in [1.29, 1.82) is 0 Å². The number of benzene rings is 1. The Bertz CT molecular complexity index is 516. The highest BCUT2D eigenvalue weighted by molar-refractivity contribution is 5.75. The summed E-state index contributed by atoms with van der Waals surface area (Å²) in [6.45, 7) is 4.39. The Labute approximate surface area is 127 Å². The number of hydrogen-bond donors (Lipinski definition) is 1. The van der Waals surface area contributed by atoms with Crippen LogP contribution in [0.15, 0.2) is 36.4 Å². The Balaban J connectivity index is 2.93. The van der Waals surface area contributed by atoms with Crippen molar-refractivity contribution in [3.05, 3.63) is 42.0 Å². The van der Waals surface area contributed by atoms with Crippen LogP contribution in [0.4, 0.5) is 13.2 Å². The van der Waals surface area contributed by atoms with Crippen molar-refractivity contribution >= 4 is 12.0 Å². The third kappa shape index (κ3) is 5.89. The van der Waals surface area contributed by atoms with Crippen molar-refractivity contribution in [1.82, 2.24) is 0 Å². The lowest BCUT2D eigenvalue weighted by Crippen LogP contribution is -2.43. The van der Waals surface area contributed by atoms with Gasteiger partial charge in [0.1, 0.15) is 5.60 Å². The van der Waals surface area contributed by atoms with Crippen LogP contribution in [-0.2, 0) is 9.53 Å². The first-order valence-corrected chi connectivity index (χ1v) is 6.71. The summed E-state index contributed by atoms with van der Waals surface area (Å²) in [6, 6.07) is 8.51. The first-order chi connectivity index (χ1) is 10.0. The van der Waals surface area contributed by atoms with E-state index in [-0.39, 0.29) is 0 Å². The molecule has 0 saturated heterocycles. The number of alkyl halides is 3. The first kappa shape index (κ1) is 18.2. The Hall–Kier alpha value is -1.82. The summed E-state index contributed by atoms with van der Waals surface area (Å²) in [6.07, 6.45) is -4.65. The zero-order chi connectivity index (χ0) is 17.0. The molecule has 0 aliphatic heterocycles. The number of hydrogen-bond acceptors (Lipinski definition) is 3. The van der Waals surface area contributed by atoms with Gasteiger partial charge in [-0.3, -0.25) is 4.79 Å². The molecule has 0 aliphatic rings. The molecule has 6 heteroatoms. The van der Waals surface area contributed by atoms with E-state index >= 15 is 0 Å². The highest BCUT2D eigenvalue weighted by atomic mass is 19.4. The topological polar surface area (TPSA) is 46.5 Å². The van der Waals surface area contributed by atoms with Crippen LogP contribution >= 0.6 is 0 Å². The van der Waals surface area contributed by atoms with E-state index in [0.29, 0.717) is 5.56 Å². The number of esters is 1. The minimum atomic E-state index is -4.90. The van der Waals surface area contributed by atoms with Gasteiger partial charge in [-0.2, -0.15) is 13.2 Å². The SMILES string of the molecule is CC(C)(C)OC(=O)[C@H]([C@@H](O)/C=C/c1ccccc1)C(F)(F)F. The second-order valence-electron chi connectivity index (χ2n) is 5.81. The molecule has 0 amide bonds. The van der Waals surface area contributed by atoms with Gasteiger partial charge in [0.15, 0.2) is 5.92 Å². The van der Waals surface area contributed by atoms with Gasteiger partial charge in [-0.15, -0.1) is 0 Å². The van der Waals surface area contributed by atoms with Gasteiger partial charge in [0.05, 0.1) is 6.10 Å². The van der Waals surface area contributed by atoms with E-state index in [9.17, 15) is 23.1 Å². The van der Waals surface area contributed by atoms with Gasteiger partial charge in [-0.25, -0.2) is 0 Å². The van der Waals surface area contributed by atoms with E-state index < -0.39 is 29.8 Å². The summed E-state index contributed by atoms with van der Waals surface area (Å²) in [7, 11) is 0. The number of aliphatic hydroxyl groups is 1. The van der Waals surface area contributed by atoms with E-state index in [0.717, 1.165) is 6.08 Å². The predicted molar refractivity (Wildman–Crippen MR) is 76.9 cm³/mol. The molecule has 0 saturated carbocycles. The number of ether oxygens (including phenoxy) is 1. The predicted octanol–water partition coefficient (Wildman–Crippen LogP) is 3.58. The lowest BCUT2D eigenvalue weighted by atomic mass is 10.00. The second kappa shape index (κ2) is 6.96. The molecule has 1 N–H and O–H groups in total. The molecule has 0 radical (unpaired) electrons. The number of carbonyl (C=O) groups excluding carboxylic acids is 1. The Kier molecular flexibility index (Phi) is 5.77. The Morgan fingerprint density at radius 1 is 1.18 bits per heavy atom. The van der Waals surface area contributed by atoms with Crippen LogP contribution in [0.5, 0.6) is 0 Å². The smallest absolute Gasteiger partial charge is 0.405 e. The van der Waals surface area contributed by atoms with Gasteiger partial charge in [-0.1, -0.05) is 42.5 Å². The van der Waals surface area contributed by atoms with E-state index in [4.69, 9.17) is 4.74 Å². The average molecular weight is 316 g/mol. The van der Waals surface area contributed by atoms with Crippen LogP contribution in [0.2, 0.25) is 0 Å². The molecular formula is C16H19F3O3. The minimum Gasteiger partial charge on any atom is -0.459 e. The maximum atomic E-state index is 13.0. The Morgan fingerprint density at radius 2 is 1.73 bits per heavy atom. The van der Waals surface area contributed by atoms with E-state index in [1.807, 2.05) is 0 Å². The first-order valence-electron chi connectivity index (χ1n) is 6.71. The zero-order valence-corrected chi connectivity index (χ0v) is 12.6. The van der Waals surface area contributed by atoms with Gasteiger partial charge in [0.25, 0.3) is 0 Å². The highest BCUT2D eigenvalue weighted by Crippen LogP contribution is 2.32. The summed E-state index contributed by atoms with van der Waals surface area (Å²) in [5.74, 6) is -4.11. The number of carbonyl (C=O) groups is 1. The largest absolute Gasteiger partial charge is 0.459 e. The van der Waals surface area contributed by atoms with E-state index in [1.165, 1.54) is 26.8 Å². The van der Waals surface area contributed by atoms with Gasteiger partial charge in [-0.05, 0) is 26.3 Å². The van der Waals surface area contributed by atoms with Crippen LogP contribution in [-0.4, -0.2) is 29.0 Å². The van der Waals surface area contributed by atoms with Gasteiger partial charge in [0, 0.05) is 0 Å². The molecule has 0 aliphatic carbocycles. The highest BCUT2D eigenvalue weighted by Gasteiger charge is 2.50. The van der Waals surface area contributed by atoms with E-state index in [1.54, 1.807) is 30.3 Å². The normalized spacial score (nSPS) is 15.6. The minimum absolute atomic E-state index is 0.617. The molecule has 0 spiro atoms. The summed E-state index contributed by atoms with van der Waals surface area (Å²) in [5, 5.41) is 9.77. The van der Waals surface area contributed by atoms with Crippen LogP contribution in [0.3, 0.4) is 0 Å². The monoisotopic (exact) mass is 316 g/mol. The maximum absolute atomic E-state index is 13.0. The molecule has 0 fully saturated rings. The van der Waals surface area contributed by atoms with Crippen molar-refractivity contribution < 1.29 is 27.8 Å². The number of halogens is 3. The average Bonchev–Trinajstić information content (AvgIpc) is 2.33. The molecule has 2 atom stereocenters. The molecular weight excluding hydrogens is 297 g/mol. The quantitative estimate of drug-likeness (QED) is 0.864. The molecule has 22 heavy (non-hydrogen) atoms. The molecule has 0 bridgehead atoms. The van der Waals surface area contributed by atoms with Crippen molar-refractivity contribution in [2.75, 3.05) is 0 Å². The van der Waals surface area contributed by atoms with Crippen molar-refractivity contribution in [2.24, 2.45) is 5.92 Å². The third-order valence-electron chi connectivity index (χ3n) is 2.64. The molecule has 3 nitrogen and oxygen atoms in total. The van der Waals surface area contributed by atoms with Gasteiger partial charge < -0.3 is 9.84 Å². The third-order valence-corrected chi connectivity index (χ3v) is 2.64. The molecule has 1 aromatic rings. The van der Waals surface area contributed by atoms with Crippen molar-refractivity contribution in [3.8, 4) is 0 Å². The van der Waals surface area contributed by atoms with Crippen LogP contribution in [0, 0.1) is 5.92 Å². The van der Waals surface area contributed by atoms with E-state index in [2.05, 4.69) is 0 Å². The summed E-state index contributed by atoms with van der Waals surface area (Å²) in [4.78, 5) is 11.7. The fourth-order valence-corrected chi connectivity index (χ4v) is 1.72. The lowest BCUT2D eigenvalue weighted by Gasteiger charge is -2.26. The zero-order valence-electron chi connectivity index (χ0n) is 12.6. The molecule has 122 valence electrons. The fourth-order valence-electron chi connectivity index (χ4n) is 1.72. The second-order valence-corrected chi connectivity index (χ2v) is 5.81. The van der Waals surface area contributed by atoms with Crippen molar-refractivity contribution in [3.63, 3.8) is 0 Å².